The van der Waals surface area contributed by atoms with Crippen molar-refractivity contribution in [3.8, 4) is 11.6 Å². The van der Waals surface area contributed by atoms with Crippen LogP contribution in [0.15, 0.2) is 39.3 Å². The number of fused-ring (bicyclic) bond motifs is 1. The lowest BCUT2D eigenvalue weighted by Crippen LogP contribution is -2.13. The number of aromatic nitrogens is 2. The fourth-order valence-electron chi connectivity index (χ4n) is 2.30. The molecule has 5 heteroatoms. The first kappa shape index (κ1) is 12.9. The van der Waals surface area contributed by atoms with Crippen molar-refractivity contribution in [3.05, 3.63) is 36.2 Å². The first-order valence-electron chi connectivity index (χ1n) is 6.69. The van der Waals surface area contributed by atoms with Gasteiger partial charge < -0.3 is 14.0 Å². The predicted molar refractivity (Wildman–Crippen MR) is 74.2 cm³/mol. The van der Waals surface area contributed by atoms with Gasteiger partial charge >= 0.3 is 0 Å². The Morgan fingerprint density at radius 2 is 2.10 bits per heavy atom. The molecule has 1 N–H and O–H groups in total. The number of hydrogen-bond acceptors (Lipinski definition) is 5. The zero-order valence-corrected chi connectivity index (χ0v) is 11.4. The van der Waals surface area contributed by atoms with Crippen LogP contribution in [-0.4, -0.2) is 21.4 Å². The normalized spacial score (nSPS) is 14.6. The molecule has 3 rings (SSSR count). The van der Waals surface area contributed by atoms with Gasteiger partial charge in [-0.2, -0.15) is 4.98 Å². The lowest BCUT2D eigenvalue weighted by atomic mass is 10.0. The summed E-state index contributed by atoms with van der Waals surface area (Å²) in [5.74, 6) is 1.27. The van der Waals surface area contributed by atoms with Crippen LogP contribution in [0.5, 0.6) is 0 Å². The van der Waals surface area contributed by atoms with Crippen molar-refractivity contribution in [2.45, 2.75) is 32.3 Å². The molecule has 0 aliphatic heterocycles. The molecule has 0 spiro atoms. The van der Waals surface area contributed by atoms with Gasteiger partial charge in [0.05, 0.1) is 12.0 Å². The third-order valence-corrected chi connectivity index (χ3v) is 3.43. The van der Waals surface area contributed by atoms with Gasteiger partial charge in [0, 0.05) is 5.39 Å². The van der Waals surface area contributed by atoms with Crippen molar-refractivity contribution in [1.82, 2.24) is 10.1 Å². The average molecular weight is 272 g/mol. The van der Waals surface area contributed by atoms with Gasteiger partial charge in [0.25, 0.3) is 0 Å². The Hall–Kier alpha value is -2.14. The SMILES string of the molecule is CCC(c1nc(-c2cc3ccccc3o2)no1)C(C)O. The van der Waals surface area contributed by atoms with Gasteiger partial charge in [-0.25, -0.2) is 0 Å². The quantitative estimate of drug-likeness (QED) is 0.788. The lowest BCUT2D eigenvalue weighted by Gasteiger charge is -2.12. The Labute approximate surface area is 116 Å². The Morgan fingerprint density at radius 1 is 1.30 bits per heavy atom. The van der Waals surface area contributed by atoms with E-state index in [1.807, 2.05) is 37.3 Å². The highest BCUT2D eigenvalue weighted by Gasteiger charge is 2.23. The van der Waals surface area contributed by atoms with E-state index in [-0.39, 0.29) is 5.92 Å². The Morgan fingerprint density at radius 3 is 2.80 bits per heavy atom. The van der Waals surface area contributed by atoms with Crippen molar-refractivity contribution < 1.29 is 14.0 Å². The third kappa shape index (κ3) is 2.20. The van der Waals surface area contributed by atoms with Crippen LogP contribution in [0.25, 0.3) is 22.6 Å². The molecule has 0 fully saturated rings. The van der Waals surface area contributed by atoms with Crippen LogP contribution in [0.3, 0.4) is 0 Å². The zero-order chi connectivity index (χ0) is 14.1. The number of benzene rings is 1. The van der Waals surface area contributed by atoms with E-state index in [1.165, 1.54) is 0 Å². The highest BCUT2D eigenvalue weighted by Crippen LogP contribution is 2.28. The number of rotatable bonds is 4. The van der Waals surface area contributed by atoms with E-state index < -0.39 is 6.10 Å². The van der Waals surface area contributed by atoms with Gasteiger partial charge in [-0.1, -0.05) is 30.3 Å². The van der Waals surface area contributed by atoms with Crippen LogP contribution in [0.1, 0.15) is 32.1 Å². The molecular weight excluding hydrogens is 256 g/mol. The molecule has 0 radical (unpaired) electrons. The zero-order valence-electron chi connectivity index (χ0n) is 11.4. The molecule has 3 aromatic rings. The first-order chi connectivity index (χ1) is 9.69. The monoisotopic (exact) mass is 272 g/mol. The summed E-state index contributed by atoms with van der Waals surface area (Å²) < 4.78 is 10.9. The van der Waals surface area contributed by atoms with Crippen molar-refractivity contribution in [2.75, 3.05) is 0 Å². The first-order valence-corrected chi connectivity index (χ1v) is 6.69. The summed E-state index contributed by atoms with van der Waals surface area (Å²) in [4.78, 5) is 4.34. The maximum Gasteiger partial charge on any atom is 0.238 e. The van der Waals surface area contributed by atoms with Gasteiger partial charge in [0.1, 0.15) is 5.58 Å². The highest BCUT2D eigenvalue weighted by atomic mass is 16.5. The van der Waals surface area contributed by atoms with Crippen molar-refractivity contribution in [2.24, 2.45) is 0 Å². The van der Waals surface area contributed by atoms with E-state index in [0.717, 1.165) is 17.4 Å². The van der Waals surface area contributed by atoms with Gasteiger partial charge in [-0.15, -0.1) is 0 Å². The van der Waals surface area contributed by atoms with E-state index in [2.05, 4.69) is 10.1 Å². The minimum absolute atomic E-state index is 0.152. The molecule has 2 aromatic heterocycles. The van der Waals surface area contributed by atoms with Crippen molar-refractivity contribution >= 4 is 11.0 Å². The standard InChI is InChI=1S/C15H16N2O3/c1-3-11(9(2)18)15-16-14(17-20-15)13-8-10-6-4-5-7-12(10)19-13/h4-9,11,18H,3H2,1-2H3. The van der Waals surface area contributed by atoms with Crippen LogP contribution in [0, 0.1) is 0 Å². The topological polar surface area (TPSA) is 72.3 Å². The minimum Gasteiger partial charge on any atom is -0.453 e. The Balaban J connectivity index is 1.97. The fourth-order valence-corrected chi connectivity index (χ4v) is 2.30. The van der Waals surface area contributed by atoms with E-state index in [1.54, 1.807) is 6.92 Å². The highest BCUT2D eigenvalue weighted by molar-refractivity contribution is 5.81. The molecule has 0 bridgehead atoms. The lowest BCUT2D eigenvalue weighted by molar-refractivity contribution is 0.141. The molecule has 1 aromatic carbocycles. The van der Waals surface area contributed by atoms with Gasteiger partial charge in [-0.3, -0.25) is 0 Å². The summed E-state index contributed by atoms with van der Waals surface area (Å²) in [7, 11) is 0. The van der Waals surface area contributed by atoms with Gasteiger partial charge in [0.15, 0.2) is 5.76 Å². The Bertz CT molecular complexity index is 682. The van der Waals surface area contributed by atoms with Gasteiger partial charge in [-0.05, 0) is 25.5 Å². The summed E-state index contributed by atoms with van der Waals surface area (Å²) in [6.07, 6.45) is 0.211. The van der Waals surface area contributed by atoms with E-state index in [9.17, 15) is 5.11 Å². The molecule has 0 saturated heterocycles. The summed E-state index contributed by atoms with van der Waals surface area (Å²) in [6, 6.07) is 9.60. The molecule has 0 aliphatic carbocycles. The maximum atomic E-state index is 9.71. The van der Waals surface area contributed by atoms with E-state index in [0.29, 0.717) is 17.5 Å². The summed E-state index contributed by atoms with van der Waals surface area (Å²) >= 11 is 0. The largest absolute Gasteiger partial charge is 0.453 e. The second-order valence-electron chi connectivity index (χ2n) is 4.86. The maximum absolute atomic E-state index is 9.71. The van der Waals surface area contributed by atoms with Crippen molar-refractivity contribution in [3.63, 3.8) is 0 Å². The Kier molecular flexibility index (Phi) is 3.28. The van der Waals surface area contributed by atoms with Crippen LogP contribution in [0.2, 0.25) is 0 Å². The summed E-state index contributed by atoms with van der Waals surface area (Å²) in [5.41, 5.74) is 0.788. The van der Waals surface area contributed by atoms with Crippen LogP contribution in [0.4, 0.5) is 0 Å². The summed E-state index contributed by atoms with van der Waals surface area (Å²) in [6.45, 7) is 3.70. The predicted octanol–water partition coefficient (Wildman–Crippen LogP) is 3.36. The number of nitrogens with zero attached hydrogens (tertiary/aromatic N) is 2. The van der Waals surface area contributed by atoms with Crippen molar-refractivity contribution in [1.29, 1.82) is 0 Å². The molecule has 2 atom stereocenters. The number of aliphatic hydroxyl groups is 1. The number of aliphatic hydroxyl groups excluding tert-OH is 1. The number of para-hydroxylation sites is 1. The van der Waals surface area contributed by atoms with E-state index >= 15 is 0 Å². The third-order valence-electron chi connectivity index (χ3n) is 3.43. The molecule has 2 unspecified atom stereocenters. The second-order valence-corrected chi connectivity index (χ2v) is 4.86. The second kappa shape index (κ2) is 5.09. The van der Waals surface area contributed by atoms with E-state index in [4.69, 9.17) is 8.94 Å². The van der Waals surface area contributed by atoms with Crippen LogP contribution >= 0.6 is 0 Å². The van der Waals surface area contributed by atoms with Crippen LogP contribution < -0.4 is 0 Å². The molecule has 0 saturated carbocycles. The van der Waals surface area contributed by atoms with Crippen LogP contribution in [-0.2, 0) is 0 Å². The molecule has 0 aliphatic rings. The smallest absolute Gasteiger partial charge is 0.238 e. The molecule has 5 nitrogen and oxygen atoms in total. The molecule has 20 heavy (non-hydrogen) atoms. The fraction of sp³-hybridized carbons (Fsp3) is 0.333. The molecule has 2 heterocycles. The van der Waals surface area contributed by atoms with Gasteiger partial charge in [0.2, 0.25) is 11.7 Å². The minimum atomic E-state index is -0.524. The molecule has 104 valence electrons. The average Bonchev–Trinajstić information content (AvgIpc) is 3.04. The number of furan rings is 1. The molecule has 0 amide bonds. The molecular formula is C15H16N2O3. The summed E-state index contributed by atoms with van der Waals surface area (Å²) in [5, 5.41) is 14.6. The number of hydrogen-bond donors (Lipinski definition) is 1.